The first-order valence-corrected chi connectivity index (χ1v) is 9.26. The van der Waals surface area contributed by atoms with E-state index in [0.29, 0.717) is 38.5 Å². The standard InChI is InChI=1S/C19H21N3O3S/c1-24-12-7-8-15(25-2)13(9-12)17(23)18-16(21)14(10-20)19(26-18)22-11-5-3-4-6-11/h7-9,11,22H,3-6,21H2,1-2H3. The van der Waals surface area contributed by atoms with Crippen LogP contribution < -0.4 is 20.5 Å². The molecule has 1 fully saturated rings. The van der Waals surface area contributed by atoms with E-state index in [9.17, 15) is 10.1 Å². The lowest BCUT2D eigenvalue weighted by atomic mass is 10.1. The van der Waals surface area contributed by atoms with Gasteiger partial charge in [0.25, 0.3) is 0 Å². The normalized spacial score (nSPS) is 14.0. The molecule has 3 rings (SSSR count). The third-order valence-corrected chi connectivity index (χ3v) is 5.74. The molecule has 136 valence electrons. The van der Waals surface area contributed by atoms with Crippen molar-refractivity contribution in [1.29, 1.82) is 5.26 Å². The molecule has 0 bridgehead atoms. The van der Waals surface area contributed by atoms with Crippen LogP contribution >= 0.6 is 11.3 Å². The largest absolute Gasteiger partial charge is 0.497 e. The molecule has 3 N–H and O–H groups in total. The number of nitrogens with zero attached hydrogens (tertiary/aromatic N) is 1. The summed E-state index contributed by atoms with van der Waals surface area (Å²) in [5.74, 6) is 0.709. The highest BCUT2D eigenvalue weighted by molar-refractivity contribution is 7.19. The van der Waals surface area contributed by atoms with E-state index in [1.54, 1.807) is 18.2 Å². The summed E-state index contributed by atoms with van der Waals surface area (Å²) in [5, 5.41) is 13.6. The Kier molecular flexibility index (Phi) is 5.33. The Morgan fingerprint density at radius 3 is 2.65 bits per heavy atom. The number of carbonyl (C=O) groups excluding carboxylic acids is 1. The minimum absolute atomic E-state index is 0.216. The van der Waals surface area contributed by atoms with E-state index in [1.165, 1.54) is 38.4 Å². The molecule has 1 aromatic heterocycles. The molecule has 0 aliphatic heterocycles. The van der Waals surface area contributed by atoms with Gasteiger partial charge in [-0.3, -0.25) is 4.79 Å². The summed E-state index contributed by atoms with van der Waals surface area (Å²) in [6.45, 7) is 0. The molecule has 6 nitrogen and oxygen atoms in total. The Morgan fingerprint density at radius 1 is 1.31 bits per heavy atom. The van der Waals surface area contributed by atoms with Crippen LogP contribution in [0.25, 0.3) is 0 Å². The fraction of sp³-hybridized carbons (Fsp3) is 0.368. The van der Waals surface area contributed by atoms with E-state index in [0.717, 1.165) is 12.8 Å². The Hall–Kier alpha value is -2.72. The molecule has 2 aromatic rings. The number of nitrogen functional groups attached to an aromatic ring is 1. The van der Waals surface area contributed by atoms with Gasteiger partial charge in [-0.05, 0) is 31.0 Å². The molecule has 26 heavy (non-hydrogen) atoms. The molecular weight excluding hydrogens is 350 g/mol. The van der Waals surface area contributed by atoms with Gasteiger partial charge < -0.3 is 20.5 Å². The van der Waals surface area contributed by atoms with Gasteiger partial charge in [0.1, 0.15) is 33.0 Å². The first-order valence-electron chi connectivity index (χ1n) is 8.44. The van der Waals surface area contributed by atoms with Gasteiger partial charge in [-0.2, -0.15) is 5.26 Å². The number of nitrogens with one attached hydrogen (secondary N) is 1. The van der Waals surface area contributed by atoms with Crippen LogP contribution in [0.2, 0.25) is 0 Å². The molecule has 7 heteroatoms. The van der Waals surface area contributed by atoms with E-state index >= 15 is 0 Å². The summed E-state index contributed by atoms with van der Waals surface area (Å²) in [7, 11) is 3.04. The lowest BCUT2D eigenvalue weighted by Gasteiger charge is -2.11. The number of nitrogens with two attached hydrogens (primary N) is 1. The zero-order valence-corrected chi connectivity index (χ0v) is 15.6. The maximum atomic E-state index is 13.1. The number of ketones is 1. The second-order valence-corrected chi connectivity index (χ2v) is 7.20. The van der Waals surface area contributed by atoms with Crippen molar-refractivity contribution < 1.29 is 14.3 Å². The second kappa shape index (κ2) is 7.67. The van der Waals surface area contributed by atoms with E-state index in [2.05, 4.69) is 11.4 Å². The Labute approximate surface area is 156 Å². The molecule has 0 saturated heterocycles. The summed E-state index contributed by atoms with van der Waals surface area (Å²) in [6.07, 6.45) is 4.48. The highest BCUT2D eigenvalue weighted by Crippen LogP contribution is 2.39. The molecule has 0 atom stereocenters. The number of nitriles is 1. The first-order chi connectivity index (χ1) is 12.6. The molecule has 1 aromatic carbocycles. The average Bonchev–Trinajstić information content (AvgIpc) is 3.28. The van der Waals surface area contributed by atoms with Crippen LogP contribution in [0, 0.1) is 11.3 Å². The molecular formula is C19H21N3O3S. The zero-order chi connectivity index (χ0) is 18.7. The highest BCUT2D eigenvalue weighted by Gasteiger charge is 2.26. The monoisotopic (exact) mass is 371 g/mol. The number of benzene rings is 1. The zero-order valence-electron chi connectivity index (χ0n) is 14.8. The van der Waals surface area contributed by atoms with Crippen molar-refractivity contribution in [3.8, 4) is 17.6 Å². The van der Waals surface area contributed by atoms with E-state index in [-0.39, 0.29) is 11.5 Å². The third kappa shape index (κ3) is 3.33. The molecule has 0 unspecified atom stereocenters. The number of rotatable bonds is 6. The summed E-state index contributed by atoms with van der Waals surface area (Å²) in [6, 6.07) is 7.48. The number of anilines is 2. The third-order valence-electron chi connectivity index (χ3n) is 4.60. The number of hydrogen-bond acceptors (Lipinski definition) is 7. The fourth-order valence-corrected chi connectivity index (χ4v) is 4.30. The number of carbonyl (C=O) groups is 1. The number of ether oxygens (including phenoxy) is 2. The molecule has 1 aliphatic rings. The van der Waals surface area contributed by atoms with Gasteiger partial charge in [0.2, 0.25) is 5.78 Å². The molecule has 1 saturated carbocycles. The van der Waals surface area contributed by atoms with Crippen molar-refractivity contribution in [2.75, 3.05) is 25.3 Å². The highest BCUT2D eigenvalue weighted by atomic mass is 32.1. The predicted octanol–water partition coefficient (Wildman–Crippen LogP) is 3.80. The Bertz CT molecular complexity index is 864. The summed E-state index contributed by atoms with van der Waals surface area (Å²) in [4.78, 5) is 13.4. The van der Waals surface area contributed by atoms with E-state index < -0.39 is 0 Å². The molecule has 0 amide bonds. The number of thiophene rings is 1. The number of methoxy groups -OCH3 is 2. The van der Waals surface area contributed by atoms with Crippen LogP contribution in [0.1, 0.15) is 46.5 Å². The predicted molar refractivity (Wildman–Crippen MR) is 102 cm³/mol. The van der Waals surface area contributed by atoms with Crippen molar-refractivity contribution in [2.24, 2.45) is 0 Å². The van der Waals surface area contributed by atoms with Crippen LogP contribution in [0.4, 0.5) is 10.7 Å². The van der Waals surface area contributed by atoms with Gasteiger partial charge in [0.05, 0.1) is 25.5 Å². The maximum Gasteiger partial charge on any atom is 0.209 e. The summed E-state index contributed by atoms with van der Waals surface area (Å²) in [5.41, 5.74) is 7.06. The minimum Gasteiger partial charge on any atom is -0.497 e. The van der Waals surface area contributed by atoms with Gasteiger partial charge in [-0.15, -0.1) is 11.3 Å². The summed E-state index contributed by atoms with van der Waals surface area (Å²) >= 11 is 1.23. The van der Waals surface area contributed by atoms with Crippen LogP contribution in [-0.2, 0) is 0 Å². The Morgan fingerprint density at radius 2 is 2.04 bits per heavy atom. The molecule has 0 radical (unpaired) electrons. The van der Waals surface area contributed by atoms with Gasteiger partial charge in [0.15, 0.2) is 0 Å². The molecule has 1 heterocycles. The maximum absolute atomic E-state index is 13.1. The second-order valence-electron chi connectivity index (χ2n) is 6.18. The first kappa shape index (κ1) is 18.1. The fourth-order valence-electron chi connectivity index (χ4n) is 3.19. The van der Waals surface area contributed by atoms with Crippen LogP contribution in [0.3, 0.4) is 0 Å². The lowest BCUT2D eigenvalue weighted by molar-refractivity contribution is 0.104. The minimum atomic E-state index is -0.278. The molecule has 0 spiro atoms. The molecule has 1 aliphatic carbocycles. The van der Waals surface area contributed by atoms with E-state index in [4.69, 9.17) is 15.2 Å². The van der Waals surface area contributed by atoms with Gasteiger partial charge in [-0.1, -0.05) is 12.8 Å². The van der Waals surface area contributed by atoms with E-state index in [1.807, 2.05) is 0 Å². The SMILES string of the molecule is COc1ccc(OC)c(C(=O)c2sc(NC3CCCC3)c(C#N)c2N)c1. The summed E-state index contributed by atoms with van der Waals surface area (Å²) < 4.78 is 10.5. The smallest absolute Gasteiger partial charge is 0.209 e. The van der Waals surface area contributed by atoms with Crippen molar-refractivity contribution in [2.45, 2.75) is 31.7 Å². The number of hydrogen-bond donors (Lipinski definition) is 2. The quantitative estimate of drug-likeness (QED) is 0.750. The van der Waals surface area contributed by atoms with Crippen molar-refractivity contribution in [3.05, 3.63) is 34.2 Å². The van der Waals surface area contributed by atoms with Crippen molar-refractivity contribution in [1.82, 2.24) is 0 Å². The van der Waals surface area contributed by atoms with Gasteiger partial charge in [0, 0.05) is 6.04 Å². The van der Waals surface area contributed by atoms with Crippen molar-refractivity contribution in [3.63, 3.8) is 0 Å². The van der Waals surface area contributed by atoms with Crippen LogP contribution in [0.15, 0.2) is 18.2 Å². The topological polar surface area (TPSA) is 97.4 Å². The van der Waals surface area contributed by atoms with Gasteiger partial charge >= 0.3 is 0 Å². The van der Waals surface area contributed by atoms with Crippen LogP contribution in [-0.4, -0.2) is 26.0 Å². The van der Waals surface area contributed by atoms with Crippen LogP contribution in [0.5, 0.6) is 11.5 Å². The van der Waals surface area contributed by atoms with Gasteiger partial charge in [-0.25, -0.2) is 0 Å². The average molecular weight is 371 g/mol. The lowest BCUT2D eigenvalue weighted by Crippen LogP contribution is -2.14. The Balaban J connectivity index is 2.00. The van der Waals surface area contributed by atoms with Crippen molar-refractivity contribution >= 4 is 27.8 Å².